The van der Waals surface area contributed by atoms with Crippen LogP contribution in [0.4, 0.5) is 0 Å². The number of hydrogen-bond donors (Lipinski definition) is 0. The molecule has 1 aromatic heterocycles. The molecule has 0 aliphatic heterocycles. The molecule has 0 aliphatic rings. The molecule has 0 spiro atoms. The number of benzene rings is 3. The maximum absolute atomic E-state index is 13.2. The van der Waals surface area contributed by atoms with E-state index in [0.717, 1.165) is 43.5 Å². The van der Waals surface area contributed by atoms with Gasteiger partial charge in [0.25, 0.3) is 0 Å². The molecule has 4 aromatic rings. The number of ether oxygens (including phenoxy) is 2. The van der Waals surface area contributed by atoms with Gasteiger partial charge < -0.3 is 9.47 Å². The van der Waals surface area contributed by atoms with Crippen LogP contribution in [-0.4, -0.2) is 27.3 Å². The minimum atomic E-state index is -1.04. The van der Waals surface area contributed by atoms with Gasteiger partial charge in [0.15, 0.2) is 5.60 Å². The summed E-state index contributed by atoms with van der Waals surface area (Å²) >= 11 is 0. The van der Waals surface area contributed by atoms with E-state index in [9.17, 15) is 9.59 Å². The Morgan fingerprint density at radius 1 is 0.895 bits per heavy atom. The highest BCUT2D eigenvalue weighted by Gasteiger charge is 2.31. The first-order chi connectivity index (χ1) is 18.3. The van der Waals surface area contributed by atoms with Crippen molar-refractivity contribution in [3.63, 3.8) is 0 Å². The van der Waals surface area contributed by atoms with Crippen LogP contribution in [0.5, 0.6) is 5.75 Å². The lowest BCUT2D eigenvalue weighted by atomic mass is 10.1. The second-order valence-corrected chi connectivity index (χ2v) is 10.2. The van der Waals surface area contributed by atoms with Gasteiger partial charge in [-0.15, -0.1) is 0 Å². The average Bonchev–Trinajstić information content (AvgIpc) is 3.19. The molecule has 6 nitrogen and oxygen atoms in total. The number of aromatic nitrogens is 2. The molecule has 6 heteroatoms. The number of hydrogen-bond acceptors (Lipinski definition) is 4. The van der Waals surface area contributed by atoms with Gasteiger partial charge in [0.2, 0.25) is 0 Å². The number of carbonyl (C=O) groups is 1. The number of nitrogens with zero attached hydrogens (tertiary/aromatic N) is 2. The monoisotopic (exact) mass is 514 g/mol. The molecular weight excluding hydrogens is 476 g/mol. The van der Waals surface area contributed by atoms with E-state index in [2.05, 4.69) is 37.3 Å². The summed E-state index contributed by atoms with van der Waals surface area (Å²) in [6, 6.07) is 22.5. The van der Waals surface area contributed by atoms with E-state index >= 15 is 0 Å². The van der Waals surface area contributed by atoms with Crippen LogP contribution in [0.25, 0.3) is 10.8 Å². The van der Waals surface area contributed by atoms with E-state index in [4.69, 9.17) is 9.47 Å². The molecule has 0 aliphatic carbocycles. The van der Waals surface area contributed by atoms with Gasteiger partial charge in [-0.05, 0) is 86.6 Å². The summed E-state index contributed by atoms with van der Waals surface area (Å²) in [4.78, 5) is 25.3. The van der Waals surface area contributed by atoms with E-state index < -0.39 is 5.60 Å². The first-order valence-electron chi connectivity index (χ1n) is 13.5. The quantitative estimate of drug-likeness (QED) is 0.213. The zero-order chi connectivity index (χ0) is 27.1. The van der Waals surface area contributed by atoms with Crippen LogP contribution in [0.15, 0.2) is 77.7 Å². The number of rotatable bonds is 12. The van der Waals surface area contributed by atoms with Gasteiger partial charge in [-0.1, -0.05) is 55.5 Å². The lowest BCUT2D eigenvalue weighted by molar-refractivity contribution is -0.158. The fourth-order valence-corrected chi connectivity index (χ4v) is 4.73. The Kier molecular flexibility index (Phi) is 8.72. The molecule has 0 saturated heterocycles. The topological polar surface area (TPSA) is 62.5 Å². The standard InChI is InChI=1S/C32H38N2O4/c1-5-20-34-28(23-33(31(34)36)22-25-14-17-26-11-7-8-12-27(26)21-25)13-9-10-24-15-18-29(19-16-24)38-32(3,4)30(35)37-6-2/h7-8,11-12,14-19,21,23H,5-6,9-10,13,20,22H2,1-4H3. The van der Waals surface area contributed by atoms with Crippen LogP contribution in [-0.2, 0) is 35.5 Å². The van der Waals surface area contributed by atoms with E-state index in [1.807, 2.05) is 51.7 Å². The van der Waals surface area contributed by atoms with E-state index in [1.54, 1.807) is 20.8 Å². The second-order valence-electron chi connectivity index (χ2n) is 10.2. The SMILES string of the molecule is CCCn1c(CCCc2ccc(OC(C)(C)C(=O)OCC)cc2)cn(Cc2ccc3ccccc3c2)c1=O. The van der Waals surface area contributed by atoms with Crippen LogP contribution in [0.2, 0.25) is 0 Å². The Bertz CT molecular complexity index is 1430. The van der Waals surface area contributed by atoms with Gasteiger partial charge in [0.05, 0.1) is 13.2 Å². The molecule has 3 aromatic carbocycles. The zero-order valence-corrected chi connectivity index (χ0v) is 22.9. The van der Waals surface area contributed by atoms with Crippen LogP contribution >= 0.6 is 0 Å². The molecule has 1 heterocycles. The molecule has 0 fully saturated rings. The molecule has 0 atom stereocenters. The number of carbonyl (C=O) groups excluding carboxylic acids is 1. The third-order valence-corrected chi connectivity index (χ3v) is 6.70. The van der Waals surface area contributed by atoms with Gasteiger partial charge in [-0.2, -0.15) is 0 Å². The Morgan fingerprint density at radius 3 is 2.32 bits per heavy atom. The second kappa shape index (κ2) is 12.2. The number of esters is 1. The highest BCUT2D eigenvalue weighted by molar-refractivity contribution is 5.83. The van der Waals surface area contributed by atoms with Crippen molar-refractivity contribution in [1.82, 2.24) is 9.13 Å². The van der Waals surface area contributed by atoms with Crippen molar-refractivity contribution in [2.45, 2.75) is 72.1 Å². The largest absolute Gasteiger partial charge is 0.476 e. The molecule has 0 radical (unpaired) electrons. The lowest BCUT2D eigenvalue weighted by Crippen LogP contribution is -2.39. The van der Waals surface area contributed by atoms with E-state index in [1.165, 1.54) is 16.3 Å². The van der Waals surface area contributed by atoms with Crippen molar-refractivity contribution >= 4 is 16.7 Å². The molecule has 0 N–H and O–H groups in total. The minimum absolute atomic E-state index is 0.0562. The highest BCUT2D eigenvalue weighted by atomic mass is 16.6. The van der Waals surface area contributed by atoms with Crippen LogP contribution < -0.4 is 10.4 Å². The highest BCUT2D eigenvalue weighted by Crippen LogP contribution is 2.21. The molecule has 200 valence electrons. The van der Waals surface area contributed by atoms with Gasteiger partial charge >= 0.3 is 11.7 Å². The summed E-state index contributed by atoms with van der Waals surface area (Å²) in [5, 5.41) is 2.39. The van der Waals surface area contributed by atoms with Gasteiger partial charge in [0, 0.05) is 18.4 Å². The molecular formula is C32H38N2O4. The zero-order valence-electron chi connectivity index (χ0n) is 22.9. The number of imidazole rings is 1. The number of fused-ring (bicyclic) bond motifs is 1. The molecule has 0 unspecified atom stereocenters. The Balaban J connectivity index is 1.39. The van der Waals surface area contributed by atoms with Crippen LogP contribution in [0.3, 0.4) is 0 Å². The lowest BCUT2D eigenvalue weighted by Gasteiger charge is -2.24. The van der Waals surface area contributed by atoms with Crippen molar-refractivity contribution in [2.75, 3.05) is 6.61 Å². The smallest absolute Gasteiger partial charge is 0.349 e. The first kappa shape index (κ1) is 27.2. The summed E-state index contributed by atoms with van der Waals surface area (Å²) in [7, 11) is 0. The maximum Gasteiger partial charge on any atom is 0.349 e. The summed E-state index contributed by atoms with van der Waals surface area (Å²) in [6.07, 6.45) is 5.58. The predicted molar refractivity (Wildman–Crippen MR) is 152 cm³/mol. The van der Waals surface area contributed by atoms with Crippen LogP contribution in [0.1, 0.15) is 57.4 Å². The fourth-order valence-electron chi connectivity index (χ4n) is 4.73. The first-order valence-corrected chi connectivity index (χ1v) is 13.5. The maximum atomic E-state index is 13.2. The molecule has 38 heavy (non-hydrogen) atoms. The summed E-state index contributed by atoms with van der Waals surface area (Å²) in [5.41, 5.74) is 2.40. The third kappa shape index (κ3) is 6.55. The molecule has 4 rings (SSSR count). The molecule has 0 saturated carbocycles. The normalized spacial score (nSPS) is 11.6. The van der Waals surface area contributed by atoms with Crippen molar-refractivity contribution in [3.8, 4) is 5.75 Å². The van der Waals surface area contributed by atoms with Gasteiger partial charge in [-0.3, -0.25) is 9.13 Å². The van der Waals surface area contributed by atoms with Crippen molar-refractivity contribution in [1.29, 1.82) is 0 Å². The molecule has 0 bridgehead atoms. The van der Waals surface area contributed by atoms with Crippen molar-refractivity contribution < 1.29 is 14.3 Å². The summed E-state index contributed by atoms with van der Waals surface area (Å²) in [5.74, 6) is 0.254. The molecule has 0 amide bonds. The average molecular weight is 515 g/mol. The van der Waals surface area contributed by atoms with Gasteiger partial charge in [0.1, 0.15) is 5.75 Å². The van der Waals surface area contributed by atoms with Crippen molar-refractivity contribution in [3.05, 3.63) is 100 Å². The number of aryl methyl sites for hydroxylation is 2. The van der Waals surface area contributed by atoms with E-state index in [0.29, 0.717) is 18.9 Å². The van der Waals surface area contributed by atoms with E-state index in [-0.39, 0.29) is 11.7 Å². The van der Waals surface area contributed by atoms with Crippen LogP contribution in [0, 0.1) is 0 Å². The Hall–Kier alpha value is -3.80. The van der Waals surface area contributed by atoms with Gasteiger partial charge in [-0.25, -0.2) is 9.59 Å². The summed E-state index contributed by atoms with van der Waals surface area (Å²) in [6.45, 7) is 8.91. The van der Waals surface area contributed by atoms with Crippen molar-refractivity contribution in [2.24, 2.45) is 0 Å². The predicted octanol–water partition coefficient (Wildman–Crippen LogP) is 6.16. The fraction of sp³-hybridized carbons (Fsp3) is 0.375. The Morgan fingerprint density at radius 2 is 1.61 bits per heavy atom. The summed E-state index contributed by atoms with van der Waals surface area (Å²) < 4.78 is 14.7. The minimum Gasteiger partial charge on any atom is -0.476 e. The third-order valence-electron chi connectivity index (χ3n) is 6.70. The Labute approximate surface area is 224 Å².